The zero-order valence-corrected chi connectivity index (χ0v) is 6.37. The Morgan fingerprint density at radius 3 is 2.70 bits per heavy atom. The molecular formula is C7H13NO2. The lowest BCUT2D eigenvalue weighted by Crippen LogP contribution is -2.25. The first kappa shape index (κ1) is 9.17. The number of hydroxylamine groups is 2. The van der Waals surface area contributed by atoms with Gasteiger partial charge >= 0.3 is 0 Å². The molecule has 0 aliphatic heterocycles. The van der Waals surface area contributed by atoms with Crippen LogP contribution in [0.2, 0.25) is 0 Å². The van der Waals surface area contributed by atoms with Gasteiger partial charge in [0.25, 0.3) is 5.91 Å². The summed E-state index contributed by atoms with van der Waals surface area (Å²) in [6, 6.07) is 0. The van der Waals surface area contributed by atoms with E-state index >= 15 is 0 Å². The van der Waals surface area contributed by atoms with E-state index in [0.717, 1.165) is 6.42 Å². The number of allylic oxidation sites excluding steroid dienone is 1. The molecule has 0 aromatic carbocycles. The fraction of sp³-hybridized carbons (Fsp3) is 0.571. The maximum atomic E-state index is 10.7. The van der Waals surface area contributed by atoms with E-state index in [4.69, 9.17) is 5.21 Å². The lowest BCUT2D eigenvalue weighted by Gasteiger charge is -2.09. The van der Waals surface area contributed by atoms with Crippen LogP contribution in [0, 0.1) is 0 Å². The van der Waals surface area contributed by atoms with Gasteiger partial charge in [0.1, 0.15) is 0 Å². The van der Waals surface area contributed by atoms with Crippen molar-refractivity contribution in [3.05, 3.63) is 12.2 Å². The Balaban J connectivity index is 3.70. The van der Waals surface area contributed by atoms with Gasteiger partial charge < -0.3 is 0 Å². The third kappa shape index (κ3) is 3.25. The van der Waals surface area contributed by atoms with E-state index < -0.39 is 0 Å². The third-order valence-electron chi connectivity index (χ3n) is 0.999. The van der Waals surface area contributed by atoms with Crippen LogP contribution in [0.1, 0.15) is 20.3 Å². The van der Waals surface area contributed by atoms with Crippen molar-refractivity contribution in [2.45, 2.75) is 20.3 Å². The molecule has 0 unspecified atom stereocenters. The fourth-order valence-corrected chi connectivity index (χ4v) is 0.551. The van der Waals surface area contributed by atoms with Crippen molar-refractivity contribution in [1.82, 2.24) is 5.06 Å². The van der Waals surface area contributed by atoms with Gasteiger partial charge in [0, 0.05) is 12.6 Å². The number of amides is 1. The SMILES string of the molecule is C/C=C/C(=O)N(O)CCC. The summed E-state index contributed by atoms with van der Waals surface area (Å²) in [5.41, 5.74) is 0. The van der Waals surface area contributed by atoms with E-state index in [1.165, 1.54) is 6.08 Å². The molecule has 0 saturated heterocycles. The molecule has 0 aliphatic carbocycles. The number of hydrogen-bond donors (Lipinski definition) is 1. The molecule has 1 N–H and O–H groups in total. The Morgan fingerprint density at radius 1 is 1.70 bits per heavy atom. The summed E-state index contributed by atoms with van der Waals surface area (Å²) in [6.45, 7) is 4.02. The second-order valence-electron chi connectivity index (χ2n) is 1.96. The first-order chi connectivity index (χ1) is 4.72. The quantitative estimate of drug-likeness (QED) is 0.366. The summed E-state index contributed by atoms with van der Waals surface area (Å²) in [7, 11) is 0. The zero-order valence-electron chi connectivity index (χ0n) is 6.37. The van der Waals surface area contributed by atoms with E-state index in [-0.39, 0.29) is 5.91 Å². The van der Waals surface area contributed by atoms with Crippen LogP contribution in [0.3, 0.4) is 0 Å². The van der Waals surface area contributed by atoms with Crippen molar-refractivity contribution < 1.29 is 10.0 Å². The highest BCUT2D eigenvalue weighted by molar-refractivity contribution is 5.86. The molecule has 0 heterocycles. The van der Waals surface area contributed by atoms with Crippen molar-refractivity contribution in [3.8, 4) is 0 Å². The maximum absolute atomic E-state index is 10.7. The summed E-state index contributed by atoms with van der Waals surface area (Å²) in [5, 5.41) is 9.59. The molecule has 3 nitrogen and oxygen atoms in total. The van der Waals surface area contributed by atoms with Crippen molar-refractivity contribution in [3.63, 3.8) is 0 Å². The van der Waals surface area contributed by atoms with Crippen molar-refractivity contribution in [1.29, 1.82) is 0 Å². The van der Waals surface area contributed by atoms with Gasteiger partial charge in [0.05, 0.1) is 0 Å². The highest BCUT2D eigenvalue weighted by Crippen LogP contribution is 1.88. The Kier molecular flexibility index (Phi) is 4.58. The molecule has 0 aromatic rings. The van der Waals surface area contributed by atoms with E-state index in [0.29, 0.717) is 11.6 Å². The summed E-state index contributed by atoms with van der Waals surface area (Å²) in [5.74, 6) is -0.357. The van der Waals surface area contributed by atoms with Crippen LogP contribution in [-0.2, 0) is 4.79 Å². The number of carbonyl (C=O) groups excluding carboxylic acids is 1. The summed E-state index contributed by atoms with van der Waals surface area (Å²) in [4.78, 5) is 10.7. The molecule has 0 spiro atoms. The van der Waals surface area contributed by atoms with Gasteiger partial charge in [-0.3, -0.25) is 10.0 Å². The van der Waals surface area contributed by atoms with Crippen LogP contribution in [0.25, 0.3) is 0 Å². The molecule has 0 fully saturated rings. The number of nitrogens with zero attached hydrogens (tertiary/aromatic N) is 1. The highest BCUT2D eigenvalue weighted by Gasteiger charge is 2.02. The van der Waals surface area contributed by atoms with Crippen LogP contribution >= 0.6 is 0 Å². The summed E-state index contributed by atoms with van der Waals surface area (Å²) >= 11 is 0. The maximum Gasteiger partial charge on any atom is 0.269 e. The van der Waals surface area contributed by atoms with Gasteiger partial charge in [-0.2, -0.15) is 0 Å². The van der Waals surface area contributed by atoms with Gasteiger partial charge in [0.15, 0.2) is 0 Å². The van der Waals surface area contributed by atoms with E-state index in [9.17, 15) is 4.79 Å². The molecule has 10 heavy (non-hydrogen) atoms. The molecule has 58 valence electrons. The Morgan fingerprint density at radius 2 is 2.30 bits per heavy atom. The molecular weight excluding hydrogens is 130 g/mol. The average molecular weight is 143 g/mol. The van der Waals surface area contributed by atoms with Crippen LogP contribution in [0.15, 0.2) is 12.2 Å². The van der Waals surface area contributed by atoms with Crippen LogP contribution < -0.4 is 0 Å². The minimum Gasteiger partial charge on any atom is -0.286 e. The molecule has 0 saturated carbocycles. The average Bonchev–Trinajstić information content (AvgIpc) is 1.89. The zero-order chi connectivity index (χ0) is 7.98. The predicted molar refractivity (Wildman–Crippen MR) is 38.6 cm³/mol. The molecule has 0 rings (SSSR count). The summed E-state index contributed by atoms with van der Waals surface area (Å²) < 4.78 is 0. The lowest BCUT2D eigenvalue weighted by molar-refractivity contribution is -0.159. The Bertz CT molecular complexity index is 132. The van der Waals surface area contributed by atoms with Crippen molar-refractivity contribution in [2.75, 3.05) is 6.54 Å². The lowest BCUT2D eigenvalue weighted by atomic mass is 10.4. The predicted octanol–water partition coefficient (Wildman–Crippen LogP) is 1.19. The smallest absolute Gasteiger partial charge is 0.269 e. The third-order valence-corrected chi connectivity index (χ3v) is 0.999. The van der Waals surface area contributed by atoms with E-state index in [2.05, 4.69) is 0 Å². The van der Waals surface area contributed by atoms with Gasteiger partial charge in [0.2, 0.25) is 0 Å². The highest BCUT2D eigenvalue weighted by atomic mass is 16.5. The first-order valence-corrected chi connectivity index (χ1v) is 3.35. The second-order valence-corrected chi connectivity index (χ2v) is 1.96. The van der Waals surface area contributed by atoms with Gasteiger partial charge in [-0.25, -0.2) is 5.06 Å². The standard InChI is InChI=1S/C7H13NO2/c1-3-5-7(9)8(10)6-4-2/h3,5,10H,4,6H2,1-2H3/b5-3+. The minimum absolute atomic E-state index is 0.357. The van der Waals surface area contributed by atoms with Gasteiger partial charge in [-0.1, -0.05) is 13.0 Å². The number of hydrogen-bond acceptors (Lipinski definition) is 2. The molecule has 1 amide bonds. The molecule has 0 radical (unpaired) electrons. The number of rotatable bonds is 3. The molecule has 3 heteroatoms. The van der Waals surface area contributed by atoms with Gasteiger partial charge in [-0.05, 0) is 13.3 Å². The molecule has 0 aromatic heterocycles. The Hall–Kier alpha value is -0.830. The Labute approximate surface area is 60.9 Å². The van der Waals surface area contributed by atoms with Crippen LogP contribution in [0.4, 0.5) is 0 Å². The molecule has 0 atom stereocenters. The monoisotopic (exact) mass is 143 g/mol. The molecule has 0 bridgehead atoms. The largest absolute Gasteiger partial charge is 0.286 e. The topological polar surface area (TPSA) is 40.5 Å². The minimum atomic E-state index is -0.357. The van der Waals surface area contributed by atoms with Gasteiger partial charge in [-0.15, -0.1) is 0 Å². The summed E-state index contributed by atoms with van der Waals surface area (Å²) in [6.07, 6.45) is 3.69. The van der Waals surface area contributed by atoms with Crippen LogP contribution in [0.5, 0.6) is 0 Å². The van der Waals surface area contributed by atoms with E-state index in [1.54, 1.807) is 13.0 Å². The van der Waals surface area contributed by atoms with E-state index in [1.807, 2.05) is 6.92 Å². The van der Waals surface area contributed by atoms with Crippen molar-refractivity contribution >= 4 is 5.91 Å². The van der Waals surface area contributed by atoms with Crippen molar-refractivity contribution in [2.24, 2.45) is 0 Å². The normalized spacial score (nSPS) is 10.3. The number of carbonyl (C=O) groups is 1. The molecule has 0 aliphatic rings. The first-order valence-electron chi connectivity index (χ1n) is 3.35. The fourth-order valence-electron chi connectivity index (χ4n) is 0.551. The second kappa shape index (κ2) is 4.99. The van der Waals surface area contributed by atoms with Crippen LogP contribution in [-0.4, -0.2) is 22.7 Å².